The second kappa shape index (κ2) is 5.32. The van der Waals surface area contributed by atoms with Gasteiger partial charge in [-0.15, -0.1) is 0 Å². The molecule has 3 N–H and O–H groups in total. The average Bonchev–Trinajstić information content (AvgIpc) is 2.71. The Morgan fingerprint density at radius 3 is 2.76 bits per heavy atom. The number of allylic oxidation sites excluding steroid dienone is 1. The molecule has 0 spiro atoms. The van der Waals surface area contributed by atoms with Crippen molar-refractivity contribution in [3.63, 3.8) is 0 Å². The van der Waals surface area contributed by atoms with E-state index in [2.05, 4.69) is 10.2 Å². The molecule has 0 bridgehead atoms. The molecular formula is C10H14N4O3. The first-order valence-corrected chi connectivity index (χ1v) is 5.01. The molecule has 0 radical (unpaired) electrons. The van der Waals surface area contributed by atoms with Gasteiger partial charge in [0, 0.05) is 12.7 Å². The standard InChI is InChI=1S/C10H14N4O3/c1-14-7(6(5-11)10(16)17-2)3-4-8(14)9(15)13-12/h8H,3-4,12H2,1-2H3,(H,13,15)/b7-6-. The smallest absolute Gasteiger partial charge is 0.350 e. The van der Waals surface area contributed by atoms with Crippen molar-refractivity contribution >= 4 is 11.9 Å². The van der Waals surface area contributed by atoms with E-state index < -0.39 is 12.0 Å². The first-order chi connectivity index (χ1) is 8.06. The number of nitriles is 1. The van der Waals surface area contributed by atoms with Crippen molar-refractivity contribution in [1.82, 2.24) is 10.3 Å². The number of nitrogens with one attached hydrogen (secondary N) is 1. The van der Waals surface area contributed by atoms with Crippen LogP contribution in [0.5, 0.6) is 0 Å². The van der Waals surface area contributed by atoms with Crippen LogP contribution in [0.1, 0.15) is 12.8 Å². The Balaban J connectivity index is 3.03. The highest BCUT2D eigenvalue weighted by Gasteiger charge is 2.34. The maximum absolute atomic E-state index is 11.4. The van der Waals surface area contributed by atoms with Gasteiger partial charge in [-0.3, -0.25) is 10.2 Å². The quantitative estimate of drug-likeness (QED) is 0.160. The summed E-state index contributed by atoms with van der Waals surface area (Å²) in [4.78, 5) is 24.4. The Labute approximate surface area is 98.8 Å². The number of hydrogen-bond donors (Lipinski definition) is 2. The maximum atomic E-state index is 11.4. The van der Waals surface area contributed by atoms with Crippen molar-refractivity contribution in [2.75, 3.05) is 14.2 Å². The number of hydrazine groups is 1. The SMILES string of the molecule is COC(=O)/C(C#N)=C1/CCC(C(=O)NN)N1C. The lowest BCUT2D eigenvalue weighted by molar-refractivity contribution is -0.136. The lowest BCUT2D eigenvalue weighted by Gasteiger charge is -2.21. The van der Waals surface area contributed by atoms with E-state index >= 15 is 0 Å². The fourth-order valence-electron chi connectivity index (χ4n) is 1.87. The molecule has 7 heteroatoms. The third-order valence-corrected chi connectivity index (χ3v) is 2.78. The zero-order chi connectivity index (χ0) is 13.0. The van der Waals surface area contributed by atoms with E-state index in [4.69, 9.17) is 11.1 Å². The molecule has 1 rings (SSSR count). The van der Waals surface area contributed by atoms with Crippen LogP contribution in [0.3, 0.4) is 0 Å². The number of likely N-dealkylation sites (tertiary alicyclic amines) is 1. The summed E-state index contributed by atoms with van der Waals surface area (Å²) in [5.74, 6) is 4.02. The van der Waals surface area contributed by atoms with E-state index in [0.717, 1.165) is 0 Å². The predicted octanol–water partition coefficient (Wildman–Crippen LogP) is -0.979. The highest BCUT2D eigenvalue weighted by atomic mass is 16.5. The molecule has 1 unspecified atom stereocenters. The molecule has 0 aromatic rings. The summed E-state index contributed by atoms with van der Waals surface area (Å²) in [6.45, 7) is 0. The molecule has 1 atom stereocenters. The van der Waals surface area contributed by atoms with Crippen molar-refractivity contribution in [3.05, 3.63) is 11.3 Å². The minimum atomic E-state index is -0.692. The summed E-state index contributed by atoms with van der Waals surface area (Å²) in [6, 6.07) is 1.35. The van der Waals surface area contributed by atoms with Gasteiger partial charge in [0.15, 0.2) is 5.57 Å². The maximum Gasteiger partial charge on any atom is 0.350 e. The van der Waals surface area contributed by atoms with Gasteiger partial charge in [-0.05, 0) is 12.8 Å². The Morgan fingerprint density at radius 1 is 1.65 bits per heavy atom. The molecule has 1 aliphatic heterocycles. The Morgan fingerprint density at radius 2 is 2.29 bits per heavy atom. The molecule has 7 nitrogen and oxygen atoms in total. The number of likely N-dealkylation sites (N-methyl/N-ethyl adjacent to an activating group) is 1. The monoisotopic (exact) mass is 238 g/mol. The van der Waals surface area contributed by atoms with Gasteiger partial charge in [0.2, 0.25) is 0 Å². The van der Waals surface area contributed by atoms with E-state index in [9.17, 15) is 9.59 Å². The van der Waals surface area contributed by atoms with Crippen molar-refractivity contribution in [2.24, 2.45) is 5.84 Å². The van der Waals surface area contributed by atoms with Crippen LogP contribution >= 0.6 is 0 Å². The highest BCUT2D eigenvalue weighted by Crippen LogP contribution is 2.28. The number of rotatable bonds is 2. The summed E-state index contributed by atoms with van der Waals surface area (Å²) in [6.07, 6.45) is 0.976. The number of ether oxygens (including phenoxy) is 1. The van der Waals surface area contributed by atoms with Crippen molar-refractivity contribution in [3.8, 4) is 6.07 Å². The first-order valence-electron chi connectivity index (χ1n) is 5.01. The number of nitrogens with two attached hydrogens (primary N) is 1. The van der Waals surface area contributed by atoms with E-state index in [1.54, 1.807) is 18.0 Å². The van der Waals surface area contributed by atoms with E-state index in [1.807, 2.05) is 0 Å². The molecule has 0 aliphatic carbocycles. The molecule has 17 heavy (non-hydrogen) atoms. The van der Waals surface area contributed by atoms with Gasteiger partial charge in [-0.1, -0.05) is 0 Å². The fourth-order valence-corrected chi connectivity index (χ4v) is 1.87. The van der Waals surface area contributed by atoms with Crippen LogP contribution in [-0.2, 0) is 14.3 Å². The number of hydrogen-bond acceptors (Lipinski definition) is 6. The summed E-state index contributed by atoms with van der Waals surface area (Å²) >= 11 is 0. The second-order valence-corrected chi connectivity index (χ2v) is 3.60. The minimum absolute atomic E-state index is 0.0673. The van der Waals surface area contributed by atoms with Crippen LogP contribution in [0.4, 0.5) is 0 Å². The fraction of sp³-hybridized carbons (Fsp3) is 0.500. The first kappa shape index (κ1) is 13.0. The van der Waals surface area contributed by atoms with Crippen molar-refractivity contribution in [2.45, 2.75) is 18.9 Å². The average molecular weight is 238 g/mol. The number of nitrogens with zero attached hydrogens (tertiary/aromatic N) is 2. The molecule has 0 saturated carbocycles. The topological polar surface area (TPSA) is 108 Å². The lowest BCUT2D eigenvalue weighted by Crippen LogP contribution is -2.44. The van der Waals surface area contributed by atoms with Crippen LogP contribution in [0.15, 0.2) is 11.3 Å². The number of amides is 1. The number of carbonyl (C=O) groups is 2. The van der Waals surface area contributed by atoms with Crippen LogP contribution < -0.4 is 11.3 Å². The van der Waals surface area contributed by atoms with Gasteiger partial charge in [-0.25, -0.2) is 10.6 Å². The van der Waals surface area contributed by atoms with Gasteiger partial charge in [0.25, 0.3) is 5.91 Å². The van der Waals surface area contributed by atoms with E-state index in [0.29, 0.717) is 18.5 Å². The Kier molecular flexibility index (Phi) is 4.06. The summed E-state index contributed by atoms with van der Waals surface area (Å²) < 4.78 is 4.51. The molecule has 0 aromatic heterocycles. The second-order valence-electron chi connectivity index (χ2n) is 3.60. The van der Waals surface area contributed by atoms with Crippen LogP contribution in [0.2, 0.25) is 0 Å². The van der Waals surface area contributed by atoms with Gasteiger partial charge in [0.05, 0.1) is 7.11 Å². The third kappa shape index (κ3) is 2.37. The normalized spacial score (nSPS) is 21.8. The number of carbonyl (C=O) groups excluding carboxylic acids is 2. The van der Waals surface area contributed by atoms with Crippen LogP contribution in [0, 0.1) is 11.3 Å². The molecule has 1 aliphatic rings. The van der Waals surface area contributed by atoms with Gasteiger partial charge in [-0.2, -0.15) is 5.26 Å². The van der Waals surface area contributed by atoms with E-state index in [-0.39, 0.29) is 11.5 Å². The zero-order valence-electron chi connectivity index (χ0n) is 9.69. The summed E-state index contributed by atoms with van der Waals surface area (Å²) in [7, 11) is 2.85. The van der Waals surface area contributed by atoms with Gasteiger partial charge >= 0.3 is 5.97 Å². The van der Waals surface area contributed by atoms with Crippen LogP contribution in [-0.4, -0.2) is 37.0 Å². The largest absolute Gasteiger partial charge is 0.465 e. The zero-order valence-corrected chi connectivity index (χ0v) is 9.69. The molecule has 92 valence electrons. The summed E-state index contributed by atoms with van der Waals surface area (Å²) in [5, 5.41) is 8.93. The molecule has 1 fully saturated rings. The molecule has 1 heterocycles. The van der Waals surface area contributed by atoms with Crippen molar-refractivity contribution in [1.29, 1.82) is 5.26 Å². The van der Waals surface area contributed by atoms with Gasteiger partial charge < -0.3 is 9.64 Å². The highest BCUT2D eigenvalue weighted by molar-refractivity contribution is 5.94. The lowest BCUT2D eigenvalue weighted by atomic mass is 10.1. The van der Waals surface area contributed by atoms with E-state index in [1.165, 1.54) is 7.11 Å². The molecule has 0 aromatic carbocycles. The Hall–Kier alpha value is -2.07. The Bertz CT molecular complexity index is 410. The predicted molar refractivity (Wildman–Crippen MR) is 57.8 cm³/mol. The van der Waals surface area contributed by atoms with Crippen LogP contribution in [0.25, 0.3) is 0 Å². The molecule has 1 amide bonds. The minimum Gasteiger partial charge on any atom is -0.465 e. The van der Waals surface area contributed by atoms with Gasteiger partial charge in [0.1, 0.15) is 12.1 Å². The number of esters is 1. The molecule has 1 saturated heterocycles. The summed E-state index contributed by atoms with van der Waals surface area (Å²) in [5.41, 5.74) is 2.50. The third-order valence-electron chi connectivity index (χ3n) is 2.78. The molecular weight excluding hydrogens is 224 g/mol. The number of methoxy groups -OCH3 is 1. The van der Waals surface area contributed by atoms with Crippen molar-refractivity contribution < 1.29 is 14.3 Å².